The van der Waals surface area contributed by atoms with Crippen molar-refractivity contribution < 1.29 is 33.6 Å². The van der Waals surface area contributed by atoms with Crippen molar-refractivity contribution in [2.45, 2.75) is 54.3 Å². The fourth-order valence-corrected chi connectivity index (χ4v) is 7.89. The first-order valence-electron chi connectivity index (χ1n) is 12.7. The van der Waals surface area contributed by atoms with Crippen molar-refractivity contribution in [3.05, 3.63) is 65.2 Å². The van der Waals surface area contributed by atoms with Crippen LogP contribution in [0.25, 0.3) is 6.08 Å². The Morgan fingerprint density at radius 1 is 1.14 bits per heavy atom. The number of aromatic hydroxyl groups is 1. The number of carbonyl (C=O) groups excluding carboxylic acids is 1. The summed E-state index contributed by atoms with van der Waals surface area (Å²) in [7, 11) is 6.85. The first-order chi connectivity index (χ1) is 17.9. The van der Waals surface area contributed by atoms with Gasteiger partial charge in [0.2, 0.25) is 5.79 Å². The summed E-state index contributed by atoms with van der Waals surface area (Å²) in [5.74, 6) is -1.16. The fraction of sp³-hybridized carbons (Fsp3) is 0.483. The molecular weight excluding hydrogens is 474 g/mol. The Bertz CT molecular complexity index is 1250. The molecule has 6 rings (SSSR count). The molecule has 2 aromatic carbocycles. The lowest BCUT2D eigenvalue weighted by Crippen LogP contribution is -2.77. The van der Waals surface area contributed by atoms with Crippen LogP contribution < -0.4 is 4.74 Å². The fourth-order valence-electron chi connectivity index (χ4n) is 7.89. The molecule has 0 aromatic heterocycles. The van der Waals surface area contributed by atoms with E-state index in [1.54, 1.807) is 33.5 Å². The van der Waals surface area contributed by atoms with Crippen molar-refractivity contribution in [2.24, 2.45) is 0 Å². The average Bonchev–Trinajstić information content (AvgIpc) is 3.41. The number of ether oxygens (including phenoxy) is 5. The third kappa shape index (κ3) is 3.01. The number of fused-ring (bicyclic) bond motifs is 3. The van der Waals surface area contributed by atoms with Crippen molar-refractivity contribution in [1.82, 2.24) is 4.90 Å². The van der Waals surface area contributed by atoms with E-state index in [-0.39, 0.29) is 11.9 Å². The molecule has 37 heavy (non-hydrogen) atoms. The first-order valence-corrected chi connectivity index (χ1v) is 12.7. The number of phenols is 1. The maximum absolute atomic E-state index is 13.1. The summed E-state index contributed by atoms with van der Waals surface area (Å²) in [5, 5.41) is 11.5. The predicted molar refractivity (Wildman–Crippen MR) is 135 cm³/mol. The van der Waals surface area contributed by atoms with Gasteiger partial charge in [-0.05, 0) is 49.7 Å². The van der Waals surface area contributed by atoms with Crippen LogP contribution in [-0.2, 0) is 29.2 Å². The number of benzene rings is 2. The van der Waals surface area contributed by atoms with Crippen LogP contribution in [0, 0.1) is 0 Å². The van der Waals surface area contributed by atoms with E-state index in [0.29, 0.717) is 18.6 Å². The molecule has 8 heteroatoms. The highest BCUT2D eigenvalue weighted by Gasteiger charge is 2.83. The minimum absolute atomic E-state index is 0.116. The van der Waals surface area contributed by atoms with E-state index in [9.17, 15) is 9.90 Å². The van der Waals surface area contributed by atoms with E-state index in [1.165, 1.54) is 6.08 Å². The van der Waals surface area contributed by atoms with E-state index in [0.717, 1.165) is 29.7 Å². The average molecular weight is 508 g/mol. The quantitative estimate of drug-likeness (QED) is 0.469. The highest BCUT2D eigenvalue weighted by atomic mass is 16.7. The van der Waals surface area contributed by atoms with Gasteiger partial charge < -0.3 is 28.8 Å². The number of esters is 1. The zero-order chi connectivity index (χ0) is 26.0. The number of methoxy groups -OCH3 is 3. The summed E-state index contributed by atoms with van der Waals surface area (Å²) >= 11 is 0. The SMILES string of the molecule is COc1ccc2c(c1O)C13CCN(C)C14CC2OC4(OC)C(OC)C(OC(=O)C=Cc1ccccc1)C3. The predicted octanol–water partition coefficient (Wildman–Crippen LogP) is 3.57. The van der Waals surface area contributed by atoms with Crippen LogP contribution in [0.15, 0.2) is 48.5 Å². The molecule has 1 N–H and O–H groups in total. The summed E-state index contributed by atoms with van der Waals surface area (Å²) in [6, 6.07) is 13.3. The molecule has 2 aliphatic heterocycles. The molecule has 0 radical (unpaired) electrons. The lowest BCUT2D eigenvalue weighted by Gasteiger charge is -2.61. The van der Waals surface area contributed by atoms with Crippen LogP contribution in [0.2, 0.25) is 0 Å². The Morgan fingerprint density at radius 2 is 1.92 bits per heavy atom. The summed E-state index contributed by atoms with van der Waals surface area (Å²) in [4.78, 5) is 15.4. The second-order valence-electron chi connectivity index (χ2n) is 10.5. The topological polar surface area (TPSA) is 86.7 Å². The second-order valence-corrected chi connectivity index (χ2v) is 10.5. The van der Waals surface area contributed by atoms with Crippen LogP contribution in [0.4, 0.5) is 0 Å². The van der Waals surface area contributed by atoms with Gasteiger partial charge in [0, 0.05) is 37.7 Å². The normalized spacial score (nSPS) is 35.8. The maximum atomic E-state index is 13.1. The van der Waals surface area contributed by atoms with Crippen molar-refractivity contribution >= 4 is 12.0 Å². The van der Waals surface area contributed by atoms with E-state index in [4.69, 9.17) is 23.7 Å². The number of hydrogen-bond acceptors (Lipinski definition) is 8. The molecule has 2 aromatic rings. The smallest absolute Gasteiger partial charge is 0.331 e. The number of phenolic OH excluding ortho intramolecular Hbond substituents is 1. The summed E-state index contributed by atoms with van der Waals surface area (Å²) in [6.45, 7) is 0.766. The Labute approximate surface area is 216 Å². The number of likely N-dealkylation sites (tertiary alicyclic amines) is 1. The standard InChI is InChI=1S/C29H33NO7/c1-30-15-14-27-16-22(36-23(31)13-10-18-8-6-5-7-9-18)26(34-3)29(35-4)28(27,30)17-21(37-29)19-11-12-20(33-2)25(32)24(19)27/h5-13,21-22,26,32H,14-17H2,1-4H3. The lowest BCUT2D eigenvalue weighted by molar-refractivity contribution is -0.339. The van der Waals surface area contributed by atoms with Gasteiger partial charge in [-0.1, -0.05) is 36.4 Å². The Kier molecular flexibility index (Phi) is 5.65. The molecule has 6 atom stereocenters. The van der Waals surface area contributed by atoms with Crippen LogP contribution >= 0.6 is 0 Å². The van der Waals surface area contributed by atoms with Gasteiger partial charge in [0.15, 0.2) is 11.5 Å². The van der Waals surface area contributed by atoms with Gasteiger partial charge >= 0.3 is 5.97 Å². The van der Waals surface area contributed by atoms with Crippen LogP contribution in [0.5, 0.6) is 11.5 Å². The molecule has 3 fully saturated rings. The van der Waals surface area contributed by atoms with E-state index >= 15 is 0 Å². The van der Waals surface area contributed by atoms with Crippen molar-refractivity contribution in [1.29, 1.82) is 0 Å². The third-order valence-electron chi connectivity index (χ3n) is 9.21. The van der Waals surface area contributed by atoms with Gasteiger partial charge in [-0.2, -0.15) is 0 Å². The van der Waals surface area contributed by atoms with Gasteiger partial charge in [-0.3, -0.25) is 4.90 Å². The zero-order valence-electron chi connectivity index (χ0n) is 21.6. The molecule has 1 spiro atoms. The molecule has 2 saturated heterocycles. The highest BCUT2D eigenvalue weighted by molar-refractivity contribution is 5.87. The summed E-state index contributed by atoms with van der Waals surface area (Å²) in [6.07, 6.45) is 3.38. The van der Waals surface area contributed by atoms with E-state index < -0.39 is 34.9 Å². The highest BCUT2D eigenvalue weighted by Crippen LogP contribution is 2.73. The summed E-state index contributed by atoms with van der Waals surface area (Å²) in [5.41, 5.74) is 1.40. The Hall–Kier alpha value is -2.91. The number of rotatable bonds is 6. The molecular formula is C29H33NO7. The van der Waals surface area contributed by atoms with Gasteiger partial charge in [0.1, 0.15) is 12.2 Å². The Morgan fingerprint density at radius 3 is 2.62 bits per heavy atom. The second kappa shape index (κ2) is 8.56. The minimum atomic E-state index is -1.22. The monoisotopic (exact) mass is 507 g/mol. The van der Waals surface area contributed by atoms with Gasteiger partial charge in [0.05, 0.1) is 18.8 Å². The van der Waals surface area contributed by atoms with Crippen LogP contribution in [-0.4, -0.2) is 74.4 Å². The van der Waals surface area contributed by atoms with Gasteiger partial charge in [-0.25, -0.2) is 4.79 Å². The molecule has 1 saturated carbocycles. The maximum Gasteiger partial charge on any atom is 0.331 e. The molecule has 2 aliphatic carbocycles. The molecule has 4 aliphatic rings. The van der Waals surface area contributed by atoms with Crippen LogP contribution in [0.3, 0.4) is 0 Å². The minimum Gasteiger partial charge on any atom is -0.504 e. The number of carbonyl (C=O) groups is 1. The van der Waals surface area contributed by atoms with Crippen molar-refractivity contribution in [3.8, 4) is 11.5 Å². The first kappa shape index (κ1) is 24.4. The number of nitrogens with zero attached hydrogens (tertiary/aromatic N) is 1. The van der Waals surface area contributed by atoms with E-state index in [1.807, 2.05) is 36.4 Å². The third-order valence-corrected chi connectivity index (χ3v) is 9.21. The molecule has 8 nitrogen and oxygen atoms in total. The number of hydrogen-bond donors (Lipinski definition) is 1. The van der Waals surface area contributed by atoms with Crippen molar-refractivity contribution in [3.63, 3.8) is 0 Å². The van der Waals surface area contributed by atoms with Gasteiger partial charge in [0.25, 0.3) is 0 Å². The van der Waals surface area contributed by atoms with Crippen molar-refractivity contribution in [2.75, 3.05) is 34.9 Å². The zero-order valence-corrected chi connectivity index (χ0v) is 21.6. The largest absolute Gasteiger partial charge is 0.504 e. The molecule has 6 unspecified atom stereocenters. The summed E-state index contributed by atoms with van der Waals surface area (Å²) < 4.78 is 30.8. The molecule has 0 amide bonds. The Balaban J connectivity index is 1.47. The van der Waals surface area contributed by atoms with E-state index in [2.05, 4.69) is 11.9 Å². The lowest BCUT2D eigenvalue weighted by atomic mass is 9.50. The molecule has 2 heterocycles. The molecule has 196 valence electrons. The molecule has 2 bridgehead atoms. The number of likely N-dealkylation sites (N-methyl/N-ethyl adjacent to an activating group) is 1. The van der Waals surface area contributed by atoms with Crippen LogP contribution in [0.1, 0.15) is 42.1 Å². The van der Waals surface area contributed by atoms with Gasteiger partial charge in [-0.15, -0.1) is 0 Å².